The second-order valence-electron chi connectivity index (χ2n) is 3.64. The van der Waals surface area contributed by atoms with Crippen molar-refractivity contribution >= 4 is 0 Å². The van der Waals surface area contributed by atoms with Gasteiger partial charge in [0.15, 0.2) is 0 Å². The van der Waals surface area contributed by atoms with Gasteiger partial charge >= 0.3 is 0 Å². The molecule has 66 valence electrons. The highest BCUT2D eigenvalue weighted by atomic mass is 14.1. The second-order valence-corrected chi connectivity index (χ2v) is 3.64. The Kier molecular flexibility index (Phi) is 3.33. The van der Waals surface area contributed by atoms with Gasteiger partial charge in [0, 0.05) is 0 Å². The zero-order valence-electron chi connectivity index (χ0n) is 8.30. The Morgan fingerprint density at radius 1 is 1.25 bits per heavy atom. The Morgan fingerprint density at radius 2 is 1.92 bits per heavy atom. The van der Waals surface area contributed by atoms with Crippen LogP contribution in [0, 0.1) is 12.8 Å². The molecule has 0 saturated heterocycles. The molecule has 1 unspecified atom stereocenters. The van der Waals surface area contributed by atoms with Crippen LogP contribution >= 0.6 is 0 Å². The van der Waals surface area contributed by atoms with E-state index in [4.69, 9.17) is 0 Å². The molecule has 0 saturated carbocycles. The van der Waals surface area contributed by atoms with Gasteiger partial charge in [0.1, 0.15) is 0 Å². The molecule has 12 heavy (non-hydrogen) atoms. The molecule has 0 bridgehead atoms. The van der Waals surface area contributed by atoms with E-state index in [1.165, 1.54) is 24.0 Å². The first kappa shape index (κ1) is 9.31. The van der Waals surface area contributed by atoms with E-state index in [2.05, 4.69) is 45.0 Å². The number of hydrogen-bond acceptors (Lipinski definition) is 0. The van der Waals surface area contributed by atoms with E-state index in [9.17, 15) is 0 Å². The zero-order valence-corrected chi connectivity index (χ0v) is 8.30. The summed E-state index contributed by atoms with van der Waals surface area (Å²) < 4.78 is 0. The third-order valence-electron chi connectivity index (χ3n) is 2.53. The van der Waals surface area contributed by atoms with Crippen molar-refractivity contribution in [1.82, 2.24) is 0 Å². The van der Waals surface area contributed by atoms with Crippen molar-refractivity contribution < 1.29 is 0 Å². The summed E-state index contributed by atoms with van der Waals surface area (Å²) >= 11 is 0. The summed E-state index contributed by atoms with van der Waals surface area (Å²) in [5.74, 6) is 0.811. The van der Waals surface area contributed by atoms with Crippen LogP contribution in [-0.2, 0) is 6.42 Å². The Balaban J connectivity index is 2.69. The highest BCUT2D eigenvalue weighted by Gasteiger charge is 2.02. The Hall–Kier alpha value is -0.780. The van der Waals surface area contributed by atoms with E-state index in [-0.39, 0.29) is 0 Å². The average Bonchev–Trinajstić information content (AvgIpc) is 2.09. The zero-order chi connectivity index (χ0) is 8.97. The van der Waals surface area contributed by atoms with E-state index in [1.807, 2.05) is 0 Å². The number of aryl methyl sites for hydroxylation is 1. The largest absolute Gasteiger partial charge is 0.0651 e. The van der Waals surface area contributed by atoms with Gasteiger partial charge < -0.3 is 0 Å². The first-order chi connectivity index (χ1) is 5.74. The van der Waals surface area contributed by atoms with Crippen LogP contribution in [0.25, 0.3) is 0 Å². The van der Waals surface area contributed by atoms with Crippen molar-refractivity contribution in [1.29, 1.82) is 0 Å². The molecule has 1 aromatic carbocycles. The Bertz CT molecular complexity index is 238. The topological polar surface area (TPSA) is 0 Å². The molecule has 0 aliphatic carbocycles. The molecule has 0 heterocycles. The SMILES string of the molecule is CCC(C)Cc1ccccc1C. The van der Waals surface area contributed by atoms with Crippen molar-refractivity contribution in [3.8, 4) is 0 Å². The van der Waals surface area contributed by atoms with E-state index >= 15 is 0 Å². The lowest BCUT2D eigenvalue weighted by atomic mass is 9.96. The summed E-state index contributed by atoms with van der Waals surface area (Å²) in [6, 6.07) is 8.67. The quantitative estimate of drug-likeness (QED) is 0.637. The summed E-state index contributed by atoms with van der Waals surface area (Å²) in [6.07, 6.45) is 2.50. The summed E-state index contributed by atoms with van der Waals surface area (Å²) in [5.41, 5.74) is 2.93. The molecule has 0 aliphatic rings. The molecular weight excluding hydrogens is 144 g/mol. The van der Waals surface area contributed by atoms with E-state index < -0.39 is 0 Å². The smallest absolute Gasteiger partial charge is 0.0250 e. The highest BCUT2D eigenvalue weighted by Crippen LogP contribution is 2.14. The van der Waals surface area contributed by atoms with Crippen molar-refractivity contribution in [2.45, 2.75) is 33.6 Å². The van der Waals surface area contributed by atoms with Gasteiger partial charge in [-0.2, -0.15) is 0 Å². The number of hydrogen-bond donors (Lipinski definition) is 0. The lowest BCUT2D eigenvalue weighted by Gasteiger charge is -2.10. The van der Waals surface area contributed by atoms with Crippen LogP contribution in [0.15, 0.2) is 24.3 Å². The molecule has 0 N–H and O–H groups in total. The van der Waals surface area contributed by atoms with Gasteiger partial charge in [-0.3, -0.25) is 0 Å². The fourth-order valence-corrected chi connectivity index (χ4v) is 1.36. The van der Waals surface area contributed by atoms with Gasteiger partial charge in [0.05, 0.1) is 0 Å². The maximum Gasteiger partial charge on any atom is -0.0250 e. The van der Waals surface area contributed by atoms with E-state index in [0.29, 0.717) is 0 Å². The molecule has 0 nitrogen and oxygen atoms in total. The van der Waals surface area contributed by atoms with Gasteiger partial charge in [-0.1, -0.05) is 44.5 Å². The first-order valence-electron chi connectivity index (χ1n) is 4.78. The van der Waals surface area contributed by atoms with Crippen molar-refractivity contribution in [2.24, 2.45) is 5.92 Å². The van der Waals surface area contributed by atoms with Crippen LogP contribution in [0.4, 0.5) is 0 Å². The standard InChI is InChI=1S/C12H18/c1-4-10(2)9-12-8-6-5-7-11(12)3/h5-8,10H,4,9H2,1-3H3. The third-order valence-corrected chi connectivity index (χ3v) is 2.53. The first-order valence-corrected chi connectivity index (χ1v) is 4.78. The normalized spacial score (nSPS) is 12.9. The second kappa shape index (κ2) is 4.30. The molecule has 1 rings (SSSR count). The Labute approximate surface area is 75.6 Å². The molecule has 0 spiro atoms. The summed E-state index contributed by atoms with van der Waals surface area (Å²) in [6.45, 7) is 6.76. The van der Waals surface area contributed by atoms with Crippen LogP contribution in [0.3, 0.4) is 0 Å². The molecule has 0 aliphatic heterocycles. The van der Waals surface area contributed by atoms with Gasteiger partial charge in [-0.25, -0.2) is 0 Å². The summed E-state index contributed by atoms with van der Waals surface area (Å²) in [5, 5.41) is 0. The van der Waals surface area contributed by atoms with Crippen LogP contribution in [-0.4, -0.2) is 0 Å². The van der Waals surface area contributed by atoms with Crippen molar-refractivity contribution in [3.05, 3.63) is 35.4 Å². The lowest BCUT2D eigenvalue weighted by molar-refractivity contribution is 0.559. The van der Waals surface area contributed by atoms with Gasteiger partial charge in [-0.05, 0) is 30.4 Å². The fraction of sp³-hybridized carbons (Fsp3) is 0.500. The minimum absolute atomic E-state index is 0.811. The molecule has 1 atom stereocenters. The fourth-order valence-electron chi connectivity index (χ4n) is 1.36. The van der Waals surface area contributed by atoms with Gasteiger partial charge in [0.2, 0.25) is 0 Å². The third kappa shape index (κ3) is 2.37. The molecule has 0 heteroatoms. The highest BCUT2D eigenvalue weighted by molar-refractivity contribution is 5.25. The predicted octanol–water partition coefficient (Wildman–Crippen LogP) is 3.58. The number of benzene rings is 1. The maximum absolute atomic E-state index is 2.31. The van der Waals surface area contributed by atoms with Crippen LogP contribution in [0.5, 0.6) is 0 Å². The predicted molar refractivity (Wildman–Crippen MR) is 54.3 cm³/mol. The lowest BCUT2D eigenvalue weighted by Crippen LogP contribution is -1.99. The molecule has 0 radical (unpaired) electrons. The molecular formula is C12H18. The number of rotatable bonds is 3. The van der Waals surface area contributed by atoms with Crippen LogP contribution < -0.4 is 0 Å². The average molecular weight is 162 g/mol. The van der Waals surface area contributed by atoms with Crippen molar-refractivity contribution in [3.63, 3.8) is 0 Å². The van der Waals surface area contributed by atoms with Crippen LogP contribution in [0.2, 0.25) is 0 Å². The molecule has 1 aromatic rings. The van der Waals surface area contributed by atoms with Gasteiger partial charge in [-0.15, -0.1) is 0 Å². The molecule has 0 fully saturated rings. The van der Waals surface area contributed by atoms with Gasteiger partial charge in [0.25, 0.3) is 0 Å². The van der Waals surface area contributed by atoms with Crippen molar-refractivity contribution in [2.75, 3.05) is 0 Å². The molecule has 0 amide bonds. The summed E-state index contributed by atoms with van der Waals surface area (Å²) in [7, 11) is 0. The summed E-state index contributed by atoms with van der Waals surface area (Å²) in [4.78, 5) is 0. The van der Waals surface area contributed by atoms with E-state index in [1.54, 1.807) is 0 Å². The molecule has 0 aromatic heterocycles. The van der Waals surface area contributed by atoms with Crippen LogP contribution in [0.1, 0.15) is 31.4 Å². The van der Waals surface area contributed by atoms with E-state index in [0.717, 1.165) is 5.92 Å². The Morgan fingerprint density at radius 3 is 2.50 bits per heavy atom. The maximum atomic E-state index is 2.31. The minimum atomic E-state index is 0.811. The minimum Gasteiger partial charge on any atom is -0.0651 e. The monoisotopic (exact) mass is 162 g/mol.